The Morgan fingerprint density at radius 3 is 2.45 bits per heavy atom. The molecule has 0 aliphatic rings. The van der Waals surface area contributed by atoms with Gasteiger partial charge in [-0.2, -0.15) is 4.31 Å². The summed E-state index contributed by atoms with van der Waals surface area (Å²) < 4.78 is 25.3. The summed E-state index contributed by atoms with van der Waals surface area (Å²) in [6, 6.07) is 3.54. The van der Waals surface area contributed by atoms with Gasteiger partial charge in [0.25, 0.3) is 5.69 Å². The number of carbonyl (C=O) groups is 1. The van der Waals surface area contributed by atoms with Crippen molar-refractivity contribution in [3.05, 3.63) is 34.4 Å². The van der Waals surface area contributed by atoms with Crippen molar-refractivity contribution < 1.29 is 23.2 Å². The number of nitro benzene ring substituents is 1. The minimum absolute atomic E-state index is 0.0473. The van der Waals surface area contributed by atoms with Crippen LogP contribution in [0.3, 0.4) is 0 Å². The summed E-state index contributed by atoms with van der Waals surface area (Å²) in [7, 11) is -3.17. The Balaban J connectivity index is 3.37. The molecule has 0 aliphatic carbocycles. The zero-order valence-electron chi connectivity index (χ0n) is 10.9. The van der Waals surface area contributed by atoms with Crippen molar-refractivity contribution in [2.24, 2.45) is 0 Å². The summed E-state index contributed by atoms with van der Waals surface area (Å²) in [6.45, 7) is 1.52. The lowest BCUT2D eigenvalue weighted by molar-refractivity contribution is -0.387. The number of nitrogens with zero attached hydrogens (tertiary/aromatic N) is 2. The Bertz CT molecular complexity index is 628. The van der Waals surface area contributed by atoms with Gasteiger partial charge in [0.15, 0.2) is 4.90 Å². The smallest absolute Gasteiger partial charge is 0.321 e. The van der Waals surface area contributed by atoms with Crippen LogP contribution in [-0.2, 0) is 14.8 Å². The number of rotatable bonds is 6. The predicted molar refractivity (Wildman–Crippen MR) is 69.8 cm³/mol. The number of nitro groups is 1. The molecule has 110 valence electrons. The van der Waals surface area contributed by atoms with Crippen molar-refractivity contribution in [3.8, 4) is 0 Å². The lowest BCUT2D eigenvalue weighted by atomic mass is 10.2. The van der Waals surface area contributed by atoms with Crippen LogP contribution in [0.2, 0.25) is 0 Å². The topological polar surface area (TPSA) is 118 Å². The second kappa shape index (κ2) is 5.97. The first-order valence-corrected chi connectivity index (χ1v) is 7.11. The number of hydrogen-bond acceptors (Lipinski definition) is 5. The maximum absolute atomic E-state index is 12.3. The van der Waals surface area contributed by atoms with Gasteiger partial charge < -0.3 is 5.11 Å². The summed E-state index contributed by atoms with van der Waals surface area (Å²) in [6.07, 6.45) is 0.0473. The van der Waals surface area contributed by atoms with E-state index in [1.54, 1.807) is 0 Å². The lowest BCUT2D eigenvalue weighted by Gasteiger charge is -2.22. The molecule has 0 spiro atoms. The molecule has 8 nitrogen and oxygen atoms in total. The highest BCUT2D eigenvalue weighted by Crippen LogP contribution is 2.27. The molecule has 9 heteroatoms. The van der Waals surface area contributed by atoms with E-state index in [0.717, 1.165) is 19.2 Å². The van der Waals surface area contributed by atoms with E-state index >= 15 is 0 Å². The van der Waals surface area contributed by atoms with E-state index in [4.69, 9.17) is 5.11 Å². The molecule has 0 radical (unpaired) electrons. The summed E-state index contributed by atoms with van der Waals surface area (Å²) in [5, 5.41) is 19.9. The van der Waals surface area contributed by atoms with Crippen LogP contribution >= 0.6 is 0 Å². The molecule has 0 aromatic heterocycles. The van der Waals surface area contributed by atoms with Crippen LogP contribution in [0.4, 0.5) is 5.69 Å². The molecule has 1 unspecified atom stereocenters. The number of carboxylic acids is 1. The van der Waals surface area contributed by atoms with Gasteiger partial charge in [-0.3, -0.25) is 14.9 Å². The van der Waals surface area contributed by atoms with Gasteiger partial charge in [0.2, 0.25) is 10.0 Å². The molecule has 0 heterocycles. The average Bonchev–Trinajstić information content (AvgIpc) is 2.38. The number of benzene rings is 1. The molecule has 1 atom stereocenters. The fourth-order valence-corrected chi connectivity index (χ4v) is 3.28. The third kappa shape index (κ3) is 2.94. The standard InChI is InChI=1S/C11H14N2O6S/c1-3-8(11(14)15)12(2)20(18,19)10-7-5-4-6-9(10)13(16)17/h4-8H,3H2,1-2H3,(H,14,15). The Morgan fingerprint density at radius 1 is 1.45 bits per heavy atom. The van der Waals surface area contributed by atoms with E-state index in [-0.39, 0.29) is 6.42 Å². The van der Waals surface area contributed by atoms with Crippen molar-refractivity contribution in [3.63, 3.8) is 0 Å². The summed E-state index contributed by atoms with van der Waals surface area (Å²) in [4.78, 5) is 20.6. The quantitative estimate of drug-likeness (QED) is 0.620. The normalized spacial score (nSPS) is 13.2. The van der Waals surface area contributed by atoms with Crippen molar-refractivity contribution in [2.45, 2.75) is 24.3 Å². The first-order chi connectivity index (χ1) is 9.23. The monoisotopic (exact) mass is 302 g/mol. The molecule has 1 rings (SSSR count). The molecule has 1 N–H and O–H groups in total. The molecule has 0 saturated carbocycles. The second-order valence-electron chi connectivity index (χ2n) is 4.01. The Morgan fingerprint density at radius 2 is 2.00 bits per heavy atom. The maximum Gasteiger partial charge on any atom is 0.321 e. The van der Waals surface area contributed by atoms with Crippen LogP contribution < -0.4 is 0 Å². The molecule has 0 bridgehead atoms. The molecular formula is C11H14N2O6S. The van der Waals surface area contributed by atoms with Crippen LogP contribution in [0.5, 0.6) is 0 Å². The van der Waals surface area contributed by atoms with Gasteiger partial charge in [-0.05, 0) is 12.5 Å². The highest BCUT2D eigenvalue weighted by atomic mass is 32.2. The minimum Gasteiger partial charge on any atom is -0.480 e. The van der Waals surface area contributed by atoms with E-state index in [2.05, 4.69) is 0 Å². The first kappa shape index (κ1) is 16.1. The van der Waals surface area contributed by atoms with Crippen LogP contribution in [0, 0.1) is 10.1 Å². The van der Waals surface area contributed by atoms with Crippen LogP contribution in [0.15, 0.2) is 29.2 Å². The van der Waals surface area contributed by atoms with Gasteiger partial charge in [0, 0.05) is 13.1 Å². The van der Waals surface area contributed by atoms with Crippen LogP contribution in [0.1, 0.15) is 13.3 Å². The number of sulfonamides is 1. The van der Waals surface area contributed by atoms with E-state index in [1.165, 1.54) is 19.1 Å². The highest BCUT2D eigenvalue weighted by molar-refractivity contribution is 7.89. The Labute approximate surface area is 115 Å². The van der Waals surface area contributed by atoms with Crippen molar-refractivity contribution >= 4 is 21.7 Å². The van der Waals surface area contributed by atoms with Crippen molar-refractivity contribution in [1.82, 2.24) is 4.31 Å². The zero-order valence-corrected chi connectivity index (χ0v) is 11.7. The molecule has 1 aromatic carbocycles. The summed E-state index contributed by atoms with van der Waals surface area (Å²) >= 11 is 0. The molecule has 0 amide bonds. The Hall–Kier alpha value is -2.00. The number of para-hydroxylation sites is 1. The number of hydrogen-bond donors (Lipinski definition) is 1. The van der Waals surface area contributed by atoms with Crippen molar-refractivity contribution in [2.75, 3.05) is 7.05 Å². The summed E-state index contributed by atoms with van der Waals surface area (Å²) in [5.41, 5.74) is -0.584. The minimum atomic E-state index is -4.26. The van der Waals surface area contributed by atoms with E-state index in [1.807, 2.05) is 0 Å². The van der Waals surface area contributed by atoms with E-state index < -0.39 is 37.5 Å². The third-order valence-corrected chi connectivity index (χ3v) is 4.74. The van der Waals surface area contributed by atoms with Crippen LogP contribution in [0.25, 0.3) is 0 Å². The van der Waals surface area contributed by atoms with Gasteiger partial charge in [0.1, 0.15) is 6.04 Å². The molecular weight excluding hydrogens is 288 g/mol. The molecule has 0 aliphatic heterocycles. The molecule has 0 fully saturated rings. The number of likely N-dealkylation sites (N-methyl/N-ethyl adjacent to an activating group) is 1. The van der Waals surface area contributed by atoms with Gasteiger partial charge >= 0.3 is 5.97 Å². The third-order valence-electron chi connectivity index (χ3n) is 2.83. The van der Waals surface area contributed by atoms with Gasteiger partial charge in [0.05, 0.1) is 4.92 Å². The summed E-state index contributed by atoms with van der Waals surface area (Å²) in [5.74, 6) is -1.31. The van der Waals surface area contributed by atoms with Crippen molar-refractivity contribution in [1.29, 1.82) is 0 Å². The average molecular weight is 302 g/mol. The number of carboxylic acid groups (broad SMARTS) is 1. The predicted octanol–water partition coefficient (Wildman–Crippen LogP) is 1.08. The maximum atomic E-state index is 12.3. The molecule has 1 aromatic rings. The van der Waals surface area contributed by atoms with Gasteiger partial charge in [-0.15, -0.1) is 0 Å². The second-order valence-corrected chi connectivity index (χ2v) is 5.97. The van der Waals surface area contributed by atoms with E-state index in [9.17, 15) is 23.3 Å². The van der Waals surface area contributed by atoms with E-state index in [0.29, 0.717) is 4.31 Å². The first-order valence-electron chi connectivity index (χ1n) is 5.67. The van der Waals surface area contributed by atoms with Gasteiger partial charge in [-0.1, -0.05) is 19.1 Å². The van der Waals surface area contributed by atoms with Crippen LogP contribution in [-0.4, -0.2) is 41.8 Å². The highest BCUT2D eigenvalue weighted by Gasteiger charge is 2.35. The molecule has 0 saturated heterocycles. The SMILES string of the molecule is CCC(C(=O)O)N(C)S(=O)(=O)c1ccccc1[N+](=O)[O-]. The fraction of sp³-hybridized carbons (Fsp3) is 0.364. The number of aliphatic carboxylic acids is 1. The zero-order chi connectivity index (χ0) is 15.5. The lowest BCUT2D eigenvalue weighted by Crippen LogP contribution is -2.42. The largest absolute Gasteiger partial charge is 0.480 e. The van der Waals surface area contributed by atoms with Gasteiger partial charge in [-0.25, -0.2) is 8.42 Å². The Kier molecular flexibility index (Phi) is 4.79. The molecule has 20 heavy (non-hydrogen) atoms. The fourth-order valence-electron chi connectivity index (χ4n) is 1.74.